The summed E-state index contributed by atoms with van der Waals surface area (Å²) >= 11 is 0. The summed E-state index contributed by atoms with van der Waals surface area (Å²) in [5.74, 6) is -0.860. The van der Waals surface area contributed by atoms with Crippen molar-refractivity contribution in [2.24, 2.45) is 10.9 Å². The molecule has 2 N–H and O–H groups in total. The number of nitrogens with one attached hydrogen (secondary N) is 2. The molecule has 0 saturated carbocycles. The topological polar surface area (TPSA) is 83.6 Å². The number of amides is 1. The lowest BCUT2D eigenvalue weighted by Gasteiger charge is -2.17. The average Bonchev–Trinajstić information content (AvgIpc) is 2.95. The van der Waals surface area contributed by atoms with Crippen molar-refractivity contribution >= 4 is 34.2 Å². The second-order valence-electron chi connectivity index (χ2n) is 5.92. The van der Waals surface area contributed by atoms with Crippen LogP contribution in [0.3, 0.4) is 0 Å². The van der Waals surface area contributed by atoms with Gasteiger partial charge >= 0.3 is 5.97 Å². The fraction of sp³-hybridized carbons (Fsp3) is 0.353. The van der Waals surface area contributed by atoms with Crippen molar-refractivity contribution in [2.75, 3.05) is 7.11 Å². The molecule has 2 aromatic rings. The molecule has 1 amide bonds. The molecule has 1 aromatic heterocycles. The Balaban J connectivity index is 2.22. The normalized spacial score (nSPS) is 18.0. The van der Waals surface area contributed by atoms with Gasteiger partial charge in [0.25, 0.3) is 5.91 Å². The van der Waals surface area contributed by atoms with E-state index >= 15 is 0 Å². The van der Waals surface area contributed by atoms with Gasteiger partial charge in [-0.25, -0.2) is 9.79 Å². The summed E-state index contributed by atoms with van der Waals surface area (Å²) in [6, 6.07) is 5.00. The van der Waals surface area contributed by atoms with Crippen LogP contribution in [0.5, 0.6) is 0 Å². The summed E-state index contributed by atoms with van der Waals surface area (Å²) in [4.78, 5) is 32.3. The number of methoxy groups -OCH3 is 1. The molecule has 1 aromatic carbocycles. The molecule has 0 spiro atoms. The summed E-state index contributed by atoms with van der Waals surface area (Å²) in [6.45, 7) is 3.81. The van der Waals surface area contributed by atoms with E-state index in [0.717, 1.165) is 22.2 Å². The Bertz CT molecular complexity index is 805. The van der Waals surface area contributed by atoms with Crippen LogP contribution < -0.4 is 5.32 Å². The van der Waals surface area contributed by atoms with Crippen molar-refractivity contribution < 1.29 is 14.3 Å². The molecule has 120 valence electrons. The van der Waals surface area contributed by atoms with Crippen LogP contribution in [0.2, 0.25) is 0 Å². The standard InChI is InChI=1S/C17H19N3O3/c1-9(2)15-16(21)20-13(17(22)23-3)7-10-8-18-11-5-4-6-12(19-15)14(10)11/h4-6,8-9,13,18H,7H2,1-3H3,(H,20,21)/t13-/m0/s1. The van der Waals surface area contributed by atoms with Gasteiger partial charge in [-0.3, -0.25) is 4.79 Å². The van der Waals surface area contributed by atoms with E-state index in [1.165, 1.54) is 7.11 Å². The molecular formula is C17H19N3O3. The van der Waals surface area contributed by atoms with Gasteiger partial charge in [0.2, 0.25) is 0 Å². The molecule has 23 heavy (non-hydrogen) atoms. The highest BCUT2D eigenvalue weighted by atomic mass is 16.5. The first-order valence-corrected chi connectivity index (χ1v) is 7.57. The Kier molecular flexibility index (Phi) is 3.90. The number of hydrogen-bond donors (Lipinski definition) is 2. The van der Waals surface area contributed by atoms with Crippen LogP contribution in [0.4, 0.5) is 5.69 Å². The number of esters is 1. The number of carbonyl (C=O) groups is 2. The van der Waals surface area contributed by atoms with Crippen molar-refractivity contribution in [1.29, 1.82) is 0 Å². The molecule has 1 aliphatic heterocycles. The van der Waals surface area contributed by atoms with Gasteiger partial charge in [0.05, 0.1) is 12.8 Å². The molecule has 1 atom stereocenters. The minimum atomic E-state index is -0.735. The number of benzene rings is 1. The summed E-state index contributed by atoms with van der Waals surface area (Å²) in [7, 11) is 1.32. The molecule has 0 fully saturated rings. The zero-order chi connectivity index (χ0) is 16.6. The lowest BCUT2D eigenvalue weighted by molar-refractivity contribution is -0.144. The Morgan fingerprint density at radius 2 is 2.17 bits per heavy atom. The van der Waals surface area contributed by atoms with Crippen LogP contribution in [-0.4, -0.2) is 35.7 Å². The minimum absolute atomic E-state index is 0.0657. The average molecular weight is 313 g/mol. The van der Waals surface area contributed by atoms with Crippen LogP contribution in [-0.2, 0) is 20.7 Å². The highest BCUT2D eigenvalue weighted by Gasteiger charge is 2.28. The predicted molar refractivity (Wildman–Crippen MR) is 87.9 cm³/mol. The van der Waals surface area contributed by atoms with E-state index in [9.17, 15) is 9.59 Å². The number of H-pyrrole nitrogens is 1. The van der Waals surface area contributed by atoms with E-state index in [2.05, 4.69) is 15.3 Å². The second kappa shape index (κ2) is 5.87. The van der Waals surface area contributed by atoms with Crippen molar-refractivity contribution in [2.45, 2.75) is 26.3 Å². The molecular weight excluding hydrogens is 294 g/mol. The first-order chi connectivity index (χ1) is 11.0. The number of carbonyl (C=O) groups excluding carboxylic acids is 2. The van der Waals surface area contributed by atoms with Gasteiger partial charge in [-0.15, -0.1) is 0 Å². The number of aromatic amines is 1. The van der Waals surface area contributed by atoms with Crippen LogP contribution >= 0.6 is 0 Å². The summed E-state index contributed by atoms with van der Waals surface area (Å²) in [5.41, 5.74) is 3.01. The number of ether oxygens (including phenoxy) is 1. The minimum Gasteiger partial charge on any atom is -0.467 e. The van der Waals surface area contributed by atoms with E-state index in [0.29, 0.717) is 12.1 Å². The number of aliphatic imine (C=N–C) groups is 1. The smallest absolute Gasteiger partial charge is 0.328 e. The third-order valence-corrected chi connectivity index (χ3v) is 4.00. The maximum Gasteiger partial charge on any atom is 0.328 e. The molecule has 6 heteroatoms. The lowest BCUT2D eigenvalue weighted by atomic mass is 10.0. The summed E-state index contributed by atoms with van der Waals surface area (Å²) < 4.78 is 4.83. The van der Waals surface area contributed by atoms with Crippen LogP contribution in [0, 0.1) is 5.92 Å². The van der Waals surface area contributed by atoms with E-state index in [1.807, 2.05) is 38.2 Å². The first-order valence-electron chi connectivity index (χ1n) is 7.57. The van der Waals surface area contributed by atoms with Crippen molar-refractivity contribution in [1.82, 2.24) is 10.3 Å². The van der Waals surface area contributed by atoms with E-state index in [-0.39, 0.29) is 11.8 Å². The molecule has 6 nitrogen and oxygen atoms in total. The summed E-state index contributed by atoms with van der Waals surface area (Å²) in [6.07, 6.45) is 2.21. The zero-order valence-electron chi connectivity index (χ0n) is 13.3. The van der Waals surface area contributed by atoms with Crippen LogP contribution in [0.25, 0.3) is 10.9 Å². The molecule has 3 rings (SSSR count). The Hall–Kier alpha value is -2.63. The zero-order valence-corrected chi connectivity index (χ0v) is 13.3. The van der Waals surface area contributed by atoms with Crippen molar-refractivity contribution in [3.8, 4) is 0 Å². The second-order valence-corrected chi connectivity index (χ2v) is 5.92. The van der Waals surface area contributed by atoms with Gasteiger partial charge in [0, 0.05) is 29.4 Å². The van der Waals surface area contributed by atoms with Gasteiger partial charge in [-0.05, 0) is 17.7 Å². The number of hydrogen-bond acceptors (Lipinski definition) is 4. The van der Waals surface area contributed by atoms with Gasteiger partial charge < -0.3 is 15.0 Å². The van der Waals surface area contributed by atoms with Crippen LogP contribution in [0.1, 0.15) is 19.4 Å². The number of rotatable bonds is 2. The molecule has 2 heterocycles. The molecule has 0 radical (unpaired) electrons. The molecule has 0 saturated heterocycles. The highest BCUT2D eigenvalue weighted by molar-refractivity contribution is 6.40. The Morgan fingerprint density at radius 1 is 1.39 bits per heavy atom. The van der Waals surface area contributed by atoms with Crippen molar-refractivity contribution in [3.05, 3.63) is 30.0 Å². The lowest BCUT2D eigenvalue weighted by Crippen LogP contribution is -2.46. The van der Waals surface area contributed by atoms with Crippen molar-refractivity contribution in [3.63, 3.8) is 0 Å². The van der Waals surface area contributed by atoms with E-state index in [4.69, 9.17) is 4.74 Å². The molecule has 0 aliphatic carbocycles. The molecule has 0 bridgehead atoms. The SMILES string of the molecule is COC(=O)[C@@H]1Cc2c[nH]c3cccc(c23)N=C(C(C)C)C(=O)N1. The van der Waals surface area contributed by atoms with Gasteiger partial charge in [0.1, 0.15) is 11.8 Å². The third-order valence-electron chi connectivity index (χ3n) is 4.00. The maximum absolute atomic E-state index is 12.5. The monoisotopic (exact) mass is 313 g/mol. The first kappa shape index (κ1) is 15.3. The number of nitrogens with zero attached hydrogens (tertiary/aromatic N) is 1. The van der Waals surface area contributed by atoms with Gasteiger partial charge in [-0.2, -0.15) is 0 Å². The molecule has 0 unspecified atom stereocenters. The fourth-order valence-electron chi connectivity index (χ4n) is 2.85. The summed E-state index contributed by atoms with van der Waals surface area (Å²) in [5, 5.41) is 3.69. The van der Waals surface area contributed by atoms with E-state index < -0.39 is 12.0 Å². The van der Waals surface area contributed by atoms with Gasteiger partial charge in [-0.1, -0.05) is 19.9 Å². The molecule has 1 aliphatic rings. The third kappa shape index (κ3) is 2.72. The fourth-order valence-corrected chi connectivity index (χ4v) is 2.85. The van der Waals surface area contributed by atoms with E-state index in [1.54, 1.807) is 0 Å². The number of aromatic nitrogens is 1. The predicted octanol–water partition coefficient (Wildman–Crippen LogP) is 2.11. The highest BCUT2D eigenvalue weighted by Crippen LogP contribution is 2.31. The largest absolute Gasteiger partial charge is 0.467 e. The Morgan fingerprint density at radius 3 is 2.87 bits per heavy atom. The van der Waals surface area contributed by atoms with Crippen LogP contribution in [0.15, 0.2) is 29.4 Å². The Labute approximate surface area is 133 Å². The quantitative estimate of drug-likeness (QED) is 0.833. The van der Waals surface area contributed by atoms with Gasteiger partial charge in [0.15, 0.2) is 0 Å². The maximum atomic E-state index is 12.5.